The van der Waals surface area contributed by atoms with Crippen molar-refractivity contribution in [2.45, 2.75) is 50.7 Å². The number of para-hydroxylation sites is 1. The van der Waals surface area contributed by atoms with Gasteiger partial charge in [0.25, 0.3) is 0 Å². The van der Waals surface area contributed by atoms with Gasteiger partial charge in [-0.3, -0.25) is 14.5 Å². The maximum Gasteiger partial charge on any atom is 0.249 e. The molecule has 0 radical (unpaired) electrons. The molecule has 5 rings (SSSR count). The van der Waals surface area contributed by atoms with E-state index in [1.807, 2.05) is 72.4 Å². The molecule has 0 spiro atoms. The summed E-state index contributed by atoms with van der Waals surface area (Å²) < 4.78 is 8.91. The van der Waals surface area contributed by atoms with Gasteiger partial charge in [0.05, 0.1) is 18.3 Å². The predicted molar refractivity (Wildman–Crippen MR) is 141 cm³/mol. The molecule has 2 heterocycles. The minimum atomic E-state index is -0.878. The van der Waals surface area contributed by atoms with Crippen LogP contribution in [0.1, 0.15) is 43.8 Å². The number of nitrogens with one attached hydrogen (secondary N) is 1. The zero-order valence-corrected chi connectivity index (χ0v) is 21.2. The molecule has 1 saturated carbocycles. The van der Waals surface area contributed by atoms with Crippen LogP contribution in [-0.2, 0) is 23.2 Å². The number of fused-ring (bicyclic) bond motifs is 1. The fourth-order valence-electron chi connectivity index (χ4n) is 5.11. The molecular formula is C28H32N6O3. The standard InChI is InChI=1S/C28H32N6O3/c1-32-17-9-16-25(32)27(28(36)29-20-10-4-3-5-11-20)34(21-12-8-13-22(18-21)37-2)26(35)19-33-24-15-7-6-14-23(24)30-31-33/h6-9,12-18,20,27H,3-5,10-11,19H2,1-2H3,(H,29,36)/t27-/m1/s1. The Labute approximate surface area is 216 Å². The zero-order valence-electron chi connectivity index (χ0n) is 21.2. The van der Waals surface area contributed by atoms with Crippen molar-refractivity contribution in [2.75, 3.05) is 12.0 Å². The van der Waals surface area contributed by atoms with Crippen LogP contribution in [0, 0.1) is 0 Å². The zero-order chi connectivity index (χ0) is 25.8. The highest BCUT2D eigenvalue weighted by Gasteiger charge is 2.36. The van der Waals surface area contributed by atoms with Crippen LogP contribution < -0.4 is 15.0 Å². The predicted octanol–water partition coefficient (Wildman–Crippen LogP) is 4.00. The molecule has 0 aliphatic heterocycles. The quantitative estimate of drug-likeness (QED) is 0.395. The van der Waals surface area contributed by atoms with Crippen LogP contribution >= 0.6 is 0 Å². The van der Waals surface area contributed by atoms with Crippen LogP contribution in [0.5, 0.6) is 5.75 Å². The molecule has 1 aliphatic rings. The van der Waals surface area contributed by atoms with Crippen molar-refractivity contribution < 1.29 is 14.3 Å². The van der Waals surface area contributed by atoms with Crippen molar-refractivity contribution in [3.05, 3.63) is 72.6 Å². The summed E-state index contributed by atoms with van der Waals surface area (Å²) in [5, 5.41) is 11.6. The molecule has 0 bridgehead atoms. The Morgan fingerprint density at radius 2 is 1.89 bits per heavy atom. The number of ether oxygens (including phenoxy) is 1. The summed E-state index contributed by atoms with van der Waals surface area (Å²) in [4.78, 5) is 29.6. The van der Waals surface area contributed by atoms with Crippen LogP contribution in [0.3, 0.4) is 0 Å². The van der Waals surface area contributed by atoms with Gasteiger partial charge >= 0.3 is 0 Å². The third-order valence-corrected chi connectivity index (χ3v) is 7.03. The summed E-state index contributed by atoms with van der Waals surface area (Å²) in [6.07, 6.45) is 7.16. The second-order valence-electron chi connectivity index (χ2n) is 9.49. The lowest BCUT2D eigenvalue weighted by Crippen LogP contribution is -2.48. The van der Waals surface area contributed by atoms with Crippen molar-refractivity contribution in [1.82, 2.24) is 24.9 Å². The second kappa shape index (κ2) is 10.9. The van der Waals surface area contributed by atoms with Crippen LogP contribution in [0.4, 0.5) is 5.69 Å². The van der Waals surface area contributed by atoms with E-state index < -0.39 is 6.04 Å². The minimum Gasteiger partial charge on any atom is -0.497 e. The first kappa shape index (κ1) is 24.5. The van der Waals surface area contributed by atoms with Crippen LogP contribution in [-0.4, -0.2) is 44.5 Å². The van der Waals surface area contributed by atoms with E-state index in [9.17, 15) is 9.59 Å². The molecule has 9 heteroatoms. The molecule has 2 amide bonds. The van der Waals surface area contributed by atoms with Gasteiger partial charge in [-0.05, 0) is 49.2 Å². The third-order valence-electron chi connectivity index (χ3n) is 7.03. The van der Waals surface area contributed by atoms with Gasteiger partial charge in [-0.1, -0.05) is 42.7 Å². The number of carbonyl (C=O) groups excluding carboxylic acids is 2. The van der Waals surface area contributed by atoms with Crippen molar-refractivity contribution in [2.24, 2.45) is 7.05 Å². The normalized spacial score (nSPS) is 14.9. The van der Waals surface area contributed by atoms with Crippen molar-refractivity contribution in [3.8, 4) is 5.75 Å². The highest BCUT2D eigenvalue weighted by molar-refractivity contribution is 6.01. The van der Waals surface area contributed by atoms with E-state index in [1.165, 1.54) is 6.42 Å². The number of rotatable bonds is 8. The number of anilines is 1. The third kappa shape index (κ3) is 5.21. The summed E-state index contributed by atoms with van der Waals surface area (Å²) in [6, 6.07) is 17.7. The lowest BCUT2D eigenvalue weighted by atomic mass is 9.95. The maximum absolute atomic E-state index is 14.1. The first-order valence-electron chi connectivity index (χ1n) is 12.7. The molecule has 2 aromatic carbocycles. The van der Waals surface area contributed by atoms with Gasteiger partial charge in [0.2, 0.25) is 11.8 Å². The molecule has 37 heavy (non-hydrogen) atoms. The monoisotopic (exact) mass is 500 g/mol. The van der Waals surface area contributed by atoms with Crippen LogP contribution in [0.2, 0.25) is 0 Å². The Morgan fingerprint density at radius 3 is 2.65 bits per heavy atom. The van der Waals surface area contributed by atoms with Gasteiger partial charge in [0, 0.05) is 31.0 Å². The fraction of sp³-hybridized carbons (Fsp3) is 0.357. The number of methoxy groups -OCH3 is 1. The topological polar surface area (TPSA) is 94.3 Å². The molecule has 0 saturated heterocycles. The summed E-state index contributed by atoms with van der Waals surface area (Å²) in [5.74, 6) is 0.113. The maximum atomic E-state index is 14.1. The average Bonchev–Trinajstić information content (AvgIpc) is 3.53. The molecule has 1 fully saturated rings. The largest absolute Gasteiger partial charge is 0.497 e. The van der Waals surface area contributed by atoms with E-state index in [0.29, 0.717) is 22.6 Å². The van der Waals surface area contributed by atoms with Gasteiger partial charge < -0.3 is 14.6 Å². The van der Waals surface area contributed by atoms with Crippen molar-refractivity contribution >= 4 is 28.5 Å². The minimum absolute atomic E-state index is 0.0741. The lowest BCUT2D eigenvalue weighted by Gasteiger charge is -2.33. The molecule has 1 atom stereocenters. The number of aryl methyl sites for hydroxylation is 1. The van der Waals surface area contributed by atoms with E-state index in [2.05, 4.69) is 15.6 Å². The van der Waals surface area contributed by atoms with E-state index in [-0.39, 0.29) is 24.4 Å². The Balaban J connectivity index is 1.56. The number of benzene rings is 2. The number of hydrogen-bond donors (Lipinski definition) is 1. The van der Waals surface area contributed by atoms with Gasteiger partial charge in [0.1, 0.15) is 17.8 Å². The van der Waals surface area contributed by atoms with E-state index in [4.69, 9.17) is 4.74 Å². The van der Waals surface area contributed by atoms with E-state index in [1.54, 1.807) is 22.8 Å². The number of amides is 2. The first-order valence-corrected chi connectivity index (χ1v) is 12.7. The molecule has 1 N–H and O–H groups in total. The number of aromatic nitrogens is 4. The van der Waals surface area contributed by atoms with Gasteiger partial charge in [-0.2, -0.15) is 0 Å². The second-order valence-corrected chi connectivity index (χ2v) is 9.49. The summed E-state index contributed by atoms with van der Waals surface area (Å²) >= 11 is 0. The van der Waals surface area contributed by atoms with Gasteiger partial charge in [-0.25, -0.2) is 4.68 Å². The smallest absolute Gasteiger partial charge is 0.249 e. The van der Waals surface area contributed by atoms with E-state index in [0.717, 1.165) is 31.2 Å². The van der Waals surface area contributed by atoms with Crippen molar-refractivity contribution in [1.29, 1.82) is 0 Å². The summed E-state index contributed by atoms with van der Waals surface area (Å²) in [6.45, 7) is -0.0741. The van der Waals surface area contributed by atoms with Gasteiger partial charge in [0.15, 0.2) is 6.04 Å². The molecule has 9 nitrogen and oxygen atoms in total. The summed E-state index contributed by atoms with van der Waals surface area (Å²) in [5.41, 5.74) is 2.74. The SMILES string of the molecule is COc1cccc(N(C(=O)Cn2nnc3ccccc32)[C@@H](C(=O)NC2CCCCC2)c2cccn2C)c1. The molecule has 1 aliphatic carbocycles. The number of hydrogen-bond acceptors (Lipinski definition) is 5. The van der Waals surface area contributed by atoms with Gasteiger partial charge in [-0.15, -0.1) is 5.10 Å². The fourth-order valence-corrected chi connectivity index (χ4v) is 5.11. The average molecular weight is 501 g/mol. The molecule has 192 valence electrons. The van der Waals surface area contributed by atoms with Crippen molar-refractivity contribution in [3.63, 3.8) is 0 Å². The molecular weight excluding hydrogens is 468 g/mol. The number of carbonyl (C=O) groups is 2. The Bertz CT molecular complexity index is 1390. The summed E-state index contributed by atoms with van der Waals surface area (Å²) in [7, 11) is 3.46. The Hall–Kier alpha value is -4.14. The molecule has 0 unspecified atom stereocenters. The number of nitrogens with zero attached hydrogens (tertiary/aromatic N) is 5. The Kier molecular flexibility index (Phi) is 7.20. The van der Waals surface area contributed by atoms with E-state index >= 15 is 0 Å². The highest BCUT2D eigenvalue weighted by atomic mass is 16.5. The molecule has 2 aromatic heterocycles. The molecule has 4 aromatic rings. The lowest BCUT2D eigenvalue weighted by molar-refractivity contribution is -0.127. The Morgan fingerprint density at radius 1 is 1.08 bits per heavy atom. The van der Waals surface area contributed by atoms with Crippen LogP contribution in [0.25, 0.3) is 11.0 Å². The highest BCUT2D eigenvalue weighted by Crippen LogP contribution is 2.32. The van der Waals surface area contributed by atoms with Crippen LogP contribution in [0.15, 0.2) is 66.9 Å². The first-order chi connectivity index (χ1) is 18.0.